The van der Waals surface area contributed by atoms with Crippen molar-refractivity contribution in [2.24, 2.45) is 0 Å². The van der Waals surface area contributed by atoms with Crippen LogP contribution in [0, 0.1) is 0 Å². The Hall–Kier alpha value is -1.49. The largest absolute Gasteiger partial charge is 0.481 e. The molecule has 1 heterocycles. The summed E-state index contributed by atoms with van der Waals surface area (Å²) in [5.41, 5.74) is 6.20. The van der Waals surface area contributed by atoms with Crippen molar-refractivity contribution in [2.45, 2.75) is 37.6 Å². The summed E-state index contributed by atoms with van der Waals surface area (Å²) in [5.74, 6) is 1.13. The summed E-state index contributed by atoms with van der Waals surface area (Å²) in [5, 5.41) is 13.0. The lowest BCUT2D eigenvalue weighted by atomic mass is 9.82. The van der Waals surface area contributed by atoms with Crippen molar-refractivity contribution in [3.05, 3.63) is 12.1 Å². The molecule has 0 saturated heterocycles. The molecule has 0 atom stereocenters. The lowest BCUT2D eigenvalue weighted by molar-refractivity contribution is 0.172. The third kappa shape index (κ3) is 2.67. The summed E-state index contributed by atoms with van der Waals surface area (Å²) in [6, 6.07) is 3.50. The van der Waals surface area contributed by atoms with Gasteiger partial charge in [0.05, 0.1) is 24.9 Å². The number of aliphatic hydroxyl groups is 1. The lowest BCUT2D eigenvalue weighted by Crippen LogP contribution is -2.44. The molecule has 18 heavy (non-hydrogen) atoms. The Balaban J connectivity index is 2.20. The highest BCUT2D eigenvalue weighted by Crippen LogP contribution is 2.33. The minimum Gasteiger partial charge on any atom is -0.481 e. The molecule has 1 aromatic rings. The molecule has 4 N–H and O–H groups in total. The van der Waals surface area contributed by atoms with Crippen LogP contribution in [0.4, 0.5) is 11.5 Å². The van der Waals surface area contributed by atoms with Gasteiger partial charge in [-0.25, -0.2) is 0 Å². The van der Waals surface area contributed by atoms with Gasteiger partial charge in [0.25, 0.3) is 0 Å². The Labute approximate surface area is 107 Å². The molecular weight excluding hydrogens is 230 g/mol. The number of nitrogens with one attached hydrogen (secondary N) is 1. The van der Waals surface area contributed by atoms with Crippen LogP contribution in [-0.4, -0.2) is 29.3 Å². The molecule has 0 amide bonds. The molecule has 1 aromatic heterocycles. The van der Waals surface area contributed by atoms with Crippen molar-refractivity contribution >= 4 is 11.5 Å². The van der Waals surface area contributed by atoms with Gasteiger partial charge in [-0.05, 0) is 18.9 Å². The molecule has 5 heteroatoms. The summed E-state index contributed by atoms with van der Waals surface area (Å²) >= 11 is 0. The van der Waals surface area contributed by atoms with Crippen LogP contribution in [0.2, 0.25) is 0 Å². The molecule has 1 aliphatic carbocycles. The molecule has 0 bridgehead atoms. The van der Waals surface area contributed by atoms with Crippen molar-refractivity contribution in [1.82, 2.24) is 4.98 Å². The van der Waals surface area contributed by atoms with Crippen LogP contribution in [-0.2, 0) is 0 Å². The molecule has 100 valence electrons. The zero-order chi connectivity index (χ0) is 13.0. The number of nitrogen functional groups attached to an aromatic ring is 1. The van der Waals surface area contributed by atoms with Gasteiger partial charge in [0, 0.05) is 6.07 Å². The maximum absolute atomic E-state index is 9.66. The third-order valence-electron chi connectivity index (χ3n) is 3.61. The minimum atomic E-state index is -0.286. The van der Waals surface area contributed by atoms with E-state index < -0.39 is 0 Å². The average Bonchev–Trinajstić information content (AvgIpc) is 2.42. The van der Waals surface area contributed by atoms with Gasteiger partial charge in [-0.3, -0.25) is 0 Å². The van der Waals surface area contributed by atoms with E-state index in [0.717, 1.165) is 25.7 Å². The maximum atomic E-state index is 9.66. The molecule has 0 radical (unpaired) electrons. The fourth-order valence-electron chi connectivity index (χ4n) is 2.47. The molecule has 0 aliphatic heterocycles. The highest BCUT2D eigenvalue weighted by atomic mass is 16.5. The zero-order valence-corrected chi connectivity index (χ0v) is 10.8. The number of ether oxygens (including phenoxy) is 1. The summed E-state index contributed by atoms with van der Waals surface area (Å²) in [4.78, 5) is 4.31. The number of methoxy groups -OCH3 is 1. The quantitative estimate of drug-likeness (QED) is 0.760. The molecule has 0 spiro atoms. The average molecular weight is 251 g/mol. The molecule has 1 aliphatic rings. The minimum absolute atomic E-state index is 0.103. The van der Waals surface area contributed by atoms with Gasteiger partial charge in [-0.2, -0.15) is 4.98 Å². The third-order valence-corrected chi connectivity index (χ3v) is 3.61. The van der Waals surface area contributed by atoms with Gasteiger partial charge >= 0.3 is 0 Å². The summed E-state index contributed by atoms with van der Waals surface area (Å²) < 4.78 is 5.10. The fourth-order valence-corrected chi connectivity index (χ4v) is 2.47. The molecule has 5 nitrogen and oxygen atoms in total. The van der Waals surface area contributed by atoms with E-state index in [1.54, 1.807) is 19.2 Å². The zero-order valence-electron chi connectivity index (χ0n) is 10.8. The van der Waals surface area contributed by atoms with Gasteiger partial charge in [0.2, 0.25) is 5.88 Å². The summed E-state index contributed by atoms with van der Waals surface area (Å²) in [6.07, 6.45) is 5.36. The molecule has 1 saturated carbocycles. The number of rotatable bonds is 4. The topological polar surface area (TPSA) is 80.4 Å². The van der Waals surface area contributed by atoms with E-state index in [-0.39, 0.29) is 12.1 Å². The van der Waals surface area contributed by atoms with E-state index in [4.69, 9.17) is 10.5 Å². The second-order valence-corrected chi connectivity index (χ2v) is 4.92. The van der Waals surface area contributed by atoms with Gasteiger partial charge in [-0.1, -0.05) is 19.3 Å². The van der Waals surface area contributed by atoms with Crippen molar-refractivity contribution < 1.29 is 9.84 Å². The normalized spacial score (nSPS) is 18.3. The Morgan fingerprint density at radius 1 is 1.39 bits per heavy atom. The second-order valence-electron chi connectivity index (χ2n) is 4.92. The number of nitrogens with zero attached hydrogens (tertiary/aromatic N) is 1. The highest BCUT2D eigenvalue weighted by Gasteiger charge is 2.32. The SMILES string of the molecule is COc1ccc(N)c(NC2(CO)CCCCC2)n1. The predicted octanol–water partition coefficient (Wildman–Crippen LogP) is 1.78. The van der Waals surface area contributed by atoms with Crippen LogP contribution in [0.15, 0.2) is 12.1 Å². The number of nitrogens with two attached hydrogens (primary N) is 1. The number of aliphatic hydroxyl groups excluding tert-OH is 1. The lowest BCUT2D eigenvalue weighted by Gasteiger charge is -2.37. The Bertz CT molecular complexity index is 403. The van der Waals surface area contributed by atoms with Crippen molar-refractivity contribution in [3.63, 3.8) is 0 Å². The second kappa shape index (κ2) is 5.44. The number of aromatic nitrogens is 1. The van der Waals surface area contributed by atoms with Crippen LogP contribution in [0.5, 0.6) is 5.88 Å². The Kier molecular flexibility index (Phi) is 3.91. The first-order chi connectivity index (χ1) is 8.69. The summed E-state index contributed by atoms with van der Waals surface area (Å²) in [7, 11) is 1.57. The number of pyridine rings is 1. The molecule has 0 unspecified atom stereocenters. The number of anilines is 2. The monoisotopic (exact) mass is 251 g/mol. The van der Waals surface area contributed by atoms with Crippen molar-refractivity contribution in [2.75, 3.05) is 24.8 Å². The first-order valence-corrected chi connectivity index (χ1v) is 6.39. The van der Waals surface area contributed by atoms with Crippen LogP contribution in [0.1, 0.15) is 32.1 Å². The number of hydrogen-bond acceptors (Lipinski definition) is 5. The molecule has 1 fully saturated rings. The van der Waals surface area contributed by atoms with Gasteiger partial charge in [0.1, 0.15) is 0 Å². The van der Waals surface area contributed by atoms with E-state index in [0.29, 0.717) is 17.4 Å². The predicted molar refractivity (Wildman–Crippen MR) is 71.7 cm³/mol. The van der Waals surface area contributed by atoms with Crippen molar-refractivity contribution in [3.8, 4) is 5.88 Å². The van der Waals surface area contributed by atoms with Crippen LogP contribution < -0.4 is 15.8 Å². The molecule has 2 rings (SSSR count). The van der Waals surface area contributed by atoms with Gasteiger partial charge in [0.15, 0.2) is 5.82 Å². The Morgan fingerprint density at radius 2 is 2.11 bits per heavy atom. The first kappa shape index (κ1) is 13.0. The van der Waals surface area contributed by atoms with Gasteiger partial charge < -0.3 is 20.9 Å². The van der Waals surface area contributed by atoms with Crippen LogP contribution >= 0.6 is 0 Å². The number of hydrogen-bond donors (Lipinski definition) is 3. The van der Waals surface area contributed by atoms with E-state index in [9.17, 15) is 5.11 Å². The fraction of sp³-hybridized carbons (Fsp3) is 0.615. The first-order valence-electron chi connectivity index (χ1n) is 6.39. The van der Waals surface area contributed by atoms with E-state index in [2.05, 4.69) is 10.3 Å². The Morgan fingerprint density at radius 3 is 2.72 bits per heavy atom. The van der Waals surface area contributed by atoms with E-state index >= 15 is 0 Å². The highest BCUT2D eigenvalue weighted by molar-refractivity contribution is 5.63. The van der Waals surface area contributed by atoms with Crippen molar-refractivity contribution in [1.29, 1.82) is 0 Å². The van der Waals surface area contributed by atoms with Crippen LogP contribution in [0.3, 0.4) is 0 Å². The standard InChI is InChI=1S/C13H21N3O2/c1-18-11-6-5-10(14)12(15-11)16-13(9-17)7-3-2-4-8-13/h5-6,17H,2-4,7-9,14H2,1H3,(H,15,16). The van der Waals surface area contributed by atoms with E-state index in [1.807, 2.05) is 0 Å². The molecule has 0 aromatic carbocycles. The maximum Gasteiger partial charge on any atom is 0.215 e. The van der Waals surface area contributed by atoms with Crippen LogP contribution in [0.25, 0.3) is 0 Å². The molecular formula is C13H21N3O2. The van der Waals surface area contributed by atoms with Gasteiger partial charge in [-0.15, -0.1) is 0 Å². The van der Waals surface area contributed by atoms with E-state index in [1.165, 1.54) is 6.42 Å². The smallest absolute Gasteiger partial charge is 0.215 e. The summed E-state index contributed by atoms with van der Waals surface area (Å²) in [6.45, 7) is 0.103.